The van der Waals surface area contributed by atoms with E-state index in [9.17, 15) is 0 Å². The van der Waals surface area contributed by atoms with Crippen molar-refractivity contribution in [3.8, 4) is 0 Å². The van der Waals surface area contributed by atoms with Crippen molar-refractivity contribution in [3.63, 3.8) is 0 Å². The van der Waals surface area contributed by atoms with Crippen molar-refractivity contribution >= 4 is 44.9 Å². The van der Waals surface area contributed by atoms with Gasteiger partial charge in [-0.1, -0.05) is 23.7 Å². The SMILES string of the molecule is Clc1ccc2nc(CSc3ccccc3Br)cn2c1. The van der Waals surface area contributed by atoms with Crippen LogP contribution in [0.5, 0.6) is 0 Å². The van der Waals surface area contributed by atoms with Gasteiger partial charge in [-0.25, -0.2) is 4.98 Å². The van der Waals surface area contributed by atoms with Crippen LogP contribution < -0.4 is 0 Å². The normalized spacial score (nSPS) is 11.1. The van der Waals surface area contributed by atoms with E-state index in [1.165, 1.54) is 4.90 Å². The quantitative estimate of drug-likeness (QED) is 0.614. The highest BCUT2D eigenvalue weighted by Gasteiger charge is 2.04. The van der Waals surface area contributed by atoms with E-state index in [2.05, 4.69) is 27.0 Å². The van der Waals surface area contributed by atoms with E-state index in [0.717, 1.165) is 26.6 Å². The Labute approximate surface area is 128 Å². The molecule has 96 valence electrons. The molecule has 0 aliphatic carbocycles. The fourth-order valence-corrected chi connectivity index (χ4v) is 3.42. The van der Waals surface area contributed by atoms with Crippen molar-refractivity contribution in [2.24, 2.45) is 0 Å². The summed E-state index contributed by atoms with van der Waals surface area (Å²) in [4.78, 5) is 5.79. The Morgan fingerprint density at radius 3 is 2.84 bits per heavy atom. The summed E-state index contributed by atoms with van der Waals surface area (Å²) in [7, 11) is 0. The van der Waals surface area contributed by atoms with E-state index in [1.54, 1.807) is 11.8 Å². The topological polar surface area (TPSA) is 17.3 Å². The molecular formula is C14H10BrClN2S. The number of halogens is 2. The molecular weight excluding hydrogens is 344 g/mol. The van der Waals surface area contributed by atoms with E-state index in [0.29, 0.717) is 0 Å². The highest BCUT2D eigenvalue weighted by Crippen LogP contribution is 2.29. The maximum absolute atomic E-state index is 5.96. The maximum atomic E-state index is 5.96. The van der Waals surface area contributed by atoms with Crippen LogP contribution in [0.2, 0.25) is 5.02 Å². The fraction of sp³-hybridized carbons (Fsp3) is 0.0714. The van der Waals surface area contributed by atoms with Crippen molar-refractivity contribution in [2.75, 3.05) is 0 Å². The number of pyridine rings is 1. The molecule has 0 bridgehead atoms. The molecule has 0 aliphatic heterocycles. The van der Waals surface area contributed by atoms with Crippen molar-refractivity contribution in [1.82, 2.24) is 9.38 Å². The van der Waals surface area contributed by atoms with E-state index in [-0.39, 0.29) is 0 Å². The Balaban J connectivity index is 1.80. The highest BCUT2D eigenvalue weighted by molar-refractivity contribution is 9.10. The number of rotatable bonds is 3. The van der Waals surface area contributed by atoms with Crippen LogP contribution in [0.25, 0.3) is 5.65 Å². The second kappa shape index (κ2) is 5.57. The van der Waals surface area contributed by atoms with Crippen molar-refractivity contribution in [3.05, 3.63) is 64.0 Å². The highest BCUT2D eigenvalue weighted by atomic mass is 79.9. The average molecular weight is 354 g/mol. The summed E-state index contributed by atoms with van der Waals surface area (Å²) in [6.07, 6.45) is 3.89. The predicted molar refractivity (Wildman–Crippen MR) is 83.9 cm³/mol. The summed E-state index contributed by atoms with van der Waals surface area (Å²) in [5.41, 5.74) is 1.97. The summed E-state index contributed by atoms with van der Waals surface area (Å²) in [6, 6.07) is 12.0. The van der Waals surface area contributed by atoms with Gasteiger partial charge in [0.05, 0.1) is 10.7 Å². The number of imidazole rings is 1. The first-order chi connectivity index (χ1) is 9.22. The Morgan fingerprint density at radius 1 is 1.16 bits per heavy atom. The molecule has 0 radical (unpaired) electrons. The first-order valence-corrected chi connectivity index (χ1v) is 7.88. The first kappa shape index (κ1) is 13.0. The number of hydrogen-bond donors (Lipinski definition) is 0. The number of fused-ring (bicyclic) bond motifs is 1. The Hall–Kier alpha value is -0.970. The molecule has 0 saturated carbocycles. The maximum Gasteiger partial charge on any atom is 0.137 e. The third-order valence-corrected chi connectivity index (χ3v) is 4.96. The lowest BCUT2D eigenvalue weighted by molar-refractivity contribution is 1.18. The Kier molecular flexibility index (Phi) is 3.82. The molecule has 1 aromatic carbocycles. The van der Waals surface area contributed by atoms with Gasteiger partial charge >= 0.3 is 0 Å². The molecule has 0 aliphatic rings. The van der Waals surface area contributed by atoms with Gasteiger partial charge in [-0.15, -0.1) is 11.8 Å². The number of hydrogen-bond acceptors (Lipinski definition) is 2. The van der Waals surface area contributed by atoms with Crippen molar-refractivity contribution in [2.45, 2.75) is 10.6 Å². The second-order valence-electron chi connectivity index (χ2n) is 4.06. The van der Waals surface area contributed by atoms with Crippen LogP contribution in [0.4, 0.5) is 0 Å². The van der Waals surface area contributed by atoms with E-state index < -0.39 is 0 Å². The van der Waals surface area contributed by atoms with Gasteiger partial charge in [0.25, 0.3) is 0 Å². The third-order valence-electron chi connectivity index (χ3n) is 2.68. The van der Waals surface area contributed by atoms with Gasteiger partial charge in [0.1, 0.15) is 5.65 Å². The molecule has 2 heterocycles. The Morgan fingerprint density at radius 2 is 2.00 bits per heavy atom. The number of thioether (sulfide) groups is 1. The van der Waals surface area contributed by atoms with Crippen LogP contribution in [-0.2, 0) is 5.75 Å². The first-order valence-electron chi connectivity index (χ1n) is 5.73. The van der Waals surface area contributed by atoms with E-state index in [4.69, 9.17) is 11.6 Å². The zero-order chi connectivity index (χ0) is 13.2. The van der Waals surface area contributed by atoms with E-state index in [1.807, 2.05) is 47.1 Å². The summed E-state index contributed by atoms with van der Waals surface area (Å²) in [5, 5.41) is 0.718. The summed E-state index contributed by atoms with van der Waals surface area (Å²) in [5.74, 6) is 0.835. The molecule has 5 heteroatoms. The van der Waals surface area contributed by atoms with Crippen molar-refractivity contribution < 1.29 is 0 Å². The Bertz CT molecular complexity index is 726. The van der Waals surface area contributed by atoms with E-state index >= 15 is 0 Å². The van der Waals surface area contributed by atoms with Crippen LogP contribution in [0.15, 0.2) is 58.2 Å². The lowest BCUT2D eigenvalue weighted by Gasteiger charge is -2.01. The molecule has 2 nitrogen and oxygen atoms in total. The second-order valence-corrected chi connectivity index (χ2v) is 6.37. The lowest BCUT2D eigenvalue weighted by Crippen LogP contribution is -1.80. The predicted octanol–water partition coefficient (Wildman–Crippen LogP) is 5.04. The van der Waals surface area contributed by atoms with Gasteiger partial charge in [-0.2, -0.15) is 0 Å². The minimum absolute atomic E-state index is 0.718. The zero-order valence-electron chi connectivity index (χ0n) is 9.88. The minimum Gasteiger partial charge on any atom is -0.305 e. The van der Waals surface area contributed by atoms with Gasteiger partial charge in [0.15, 0.2) is 0 Å². The van der Waals surface area contributed by atoms with Crippen LogP contribution >= 0.6 is 39.3 Å². The summed E-state index contributed by atoms with van der Waals surface area (Å²) >= 11 is 11.3. The van der Waals surface area contributed by atoms with Crippen molar-refractivity contribution in [1.29, 1.82) is 0 Å². The molecule has 0 atom stereocenters. The summed E-state index contributed by atoms with van der Waals surface area (Å²) < 4.78 is 3.07. The van der Waals surface area contributed by atoms with Gasteiger partial charge in [0, 0.05) is 27.5 Å². The number of nitrogens with zero attached hydrogens (tertiary/aromatic N) is 2. The molecule has 0 saturated heterocycles. The monoisotopic (exact) mass is 352 g/mol. The fourth-order valence-electron chi connectivity index (χ4n) is 1.80. The minimum atomic E-state index is 0.718. The molecule has 3 aromatic rings. The number of benzene rings is 1. The van der Waals surface area contributed by atoms with Gasteiger partial charge in [-0.05, 0) is 40.2 Å². The molecule has 2 aromatic heterocycles. The largest absolute Gasteiger partial charge is 0.305 e. The third kappa shape index (κ3) is 2.96. The van der Waals surface area contributed by atoms with Crippen LogP contribution in [0, 0.1) is 0 Å². The van der Waals surface area contributed by atoms with Gasteiger partial charge in [0.2, 0.25) is 0 Å². The molecule has 0 spiro atoms. The van der Waals surface area contributed by atoms with Crippen LogP contribution in [-0.4, -0.2) is 9.38 Å². The lowest BCUT2D eigenvalue weighted by atomic mass is 10.4. The average Bonchev–Trinajstić information content (AvgIpc) is 2.79. The summed E-state index contributed by atoms with van der Waals surface area (Å²) in [6.45, 7) is 0. The molecule has 3 rings (SSSR count). The standard InChI is InChI=1S/C14H10BrClN2S/c15-12-3-1-2-4-13(12)19-9-11-8-18-7-10(16)5-6-14(18)17-11/h1-8H,9H2. The zero-order valence-corrected chi connectivity index (χ0v) is 13.0. The smallest absolute Gasteiger partial charge is 0.137 e. The molecule has 0 N–H and O–H groups in total. The van der Waals surface area contributed by atoms with Gasteiger partial charge < -0.3 is 4.40 Å². The van der Waals surface area contributed by atoms with Crippen LogP contribution in [0.1, 0.15) is 5.69 Å². The number of aromatic nitrogens is 2. The van der Waals surface area contributed by atoms with Gasteiger partial charge in [-0.3, -0.25) is 0 Å². The molecule has 0 unspecified atom stereocenters. The molecule has 0 fully saturated rings. The molecule has 0 amide bonds. The van der Waals surface area contributed by atoms with Crippen LogP contribution in [0.3, 0.4) is 0 Å². The molecule has 19 heavy (non-hydrogen) atoms.